The number of carbonyl (C=O) groups is 2. The highest BCUT2D eigenvalue weighted by molar-refractivity contribution is 6.31. The Morgan fingerprint density at radius 1 is 1.24 bits per heavy atom. The van der Waals surface area contributed by atoms with E-state index in [-0.39, 0.29) is 19.2 Å². The van der Waals surface area contributed by atoms with Crippen LogP contribution in [0.4, 0.5) is 15.4 Å². The monoisotopic (exact) mass is 420 g/mol. The van der Waals surface area contributed by atoms with Crippen molar-refractivity contribution in [2.75, 3.05) is 25.5 Å². The first-order valence-electron chi connectivity index (χ1n) is 9.02. The Morgan fingerprint density at radius 2 is 1.97 bits per heavy atom. The molecule has 8 nitrogen and oxygen atoms in total. The van der Waals surface area contributed by atoms with Gasteiger partial charge in [-0.3, -0.25) is 5.32 Å². The Hall–Kier alpha value is -2.84. The largest absolute Gasteiger partial charge is 0.447 e. The van der Waals surface area contributed by atoms with Gasteiger partial charge in [-0.1, -0.05) is 35.9 Å². The van der Waals surface area contributed by atoms with Crippen molar-refractivity contribution in [3.05, 3.63) is 58.7 Å². The van der Waals surface area contributed by atoms with Gasteiger partial charge in [0.2, 0.25) is 0 Å². The van der Waals surface area contributed by atoms with E-state index < -0.39 is 11.7 Å². The number of benzene rings is 1. The molecule has 1 aromatic heterocycles. The molecule has 0 radical (unpaired) electrons. The lowest BCUT2D eigenvalue weighted by Crippen LogP contribution is -2.39. The van der Waals surface area contributed by atoms with E-state index in [9.17, 15) is 14.7 Å². The number of pyridine rings is 1. The summed E-state index contributed by atoms with van der Waals surface area (Å²) >= 11 is 6.06. The van der Waals surface area contributed by atoms with Gasteiger partial charge in [-0.05, 0) is 31.5 Å². The molecule has 9 heteroatoms. The van der Waals surface area contributed by atoms with Crippen molar-refractivity contribution >= 4 is 29.5 Å². The van der Waals surface area contributed by atoms with E-state index in [0.717, 1.165) is 5.56 Å². The molecule has 0 saturated carbocycles. The van der Waals surface area contributed by atoms with Crippen molar-refractivity contribution in [1.82, 2.24) is 15.2 Å². The summed E-state index contributed by atoms with van der Waals surface area (Å²) in [6.07, 6.45) is 0.797. The van der Waals surface area contributed by atoms with Gasteiger partial charge in [-0.25, -0.2) is 14.6 Å². The molecule has 3 N–H and O–H groups in total. The number of hydrogen-bond donors (Lipinski definition) is 3. The number of urea groups is 1. The highest BCUT2D eigenvalue weighted by Gasteiger charge is 2.16. The first-order valence-corrected chi connectivity index (χ1v) is 9.39. The summed E-state index contributed by atoms with van der Waals surface area (Å²) in [5, 5.41) is 15.7. The quantitative estimate of drug-likeness (QED) is 0.637. The van der Waals surface area contributed by atoms with Crippen LogP contribution >= 0.6 is 11.6 Å². The summed E-state index contributed by atoms with van der Waals surface area (Å²) in [4.78, 5) is 29.4. The molecule has 2 aromatic rings. The van der Waals surface area contributed by atoms with E-state index in [1.807, 2.05) is 18.2 Å². The molecule has 0 bridgehead atoms. The minimum Gasteiger partial charge on any atom is -0.447 e. The predicted molar refractivity (Wildman–Crippen MR) is 111 cm³/mol. The Bertz CT molecular complexity index is 837. The number of carbonyl (C=O) groups excluding carboxylic acids is 2. The fraction of sp³-hybridized carbons (Fsp3) is 0.350. The van der Waals surface area contributed by atoms with Crippen LogP contribution < -0.4 is 10.6 Å². The van der Waals surface area contributed by atoms with E-state index in [2.05, 4.69) is 15.6 Å². The summed E-state index contributed by atoms with van der Waals surface area (Å²) < 4.78 is 5.06. The zero-order valence-electron chi connectivity index (χ0n) is 16.6. The van der Waals surface area contributed by atoms with Crippen molar-refractivity contribution in [3.63, 3.8) is 0 Å². The minimum absolute atomic E-state index is 0.0175. The molecule has 0 aliphatic carbocycles. The van der Waals surface area contributed by atoms with E-state index in [1.165, 1.54) is 11.1 Å². The fourth-order valence-electron chi connectivity index (χ4n) is 2.29. The zero-order valence-corrected chi connectivity index (χ0v) is 17.4. The summed E-state index contributed by atoms with van der Waals surface area (Å²) in [6.45, 7) is 3.83. The molecular formula is C20H25ClN4O4. The van der Waals surface area contributed by atoms with Gasteiger partial charge >= 0.3 is 12.1 Å². The molecule has 3 amide bonds. The van der Waals surface area contributed by atoms with E-state index in [4.69, 9.17) is 16.3 Å². The number of ether oxygens (including phenoxy) is 1. The average molecular weight is 421 g/mol. The standard InChI is InChI=1S/C20H25ClN4O4/c1-20(2,28)15-8-9-17(22-13-15)24-19(27)29-11-10-25(3)18(26)23-12-14-6-4-5-7-16(14)21/h4-9,13,28H,10-12H2,1-3H3,(H,23,26)(H,22,24,27). The fourth-order valence-corrected chi connectivity index (χ4v) is 2.50. The number of aromatic nitrogens is 1. The minimum atomic E-state index is -1.01. The third kappa shape index (κ3) is 7.24. The molecule has 156 valence electrons. The van der Waals surface area contributed by atoms with E-state index in [1.54, 1.807) is 39.1 Å². The smallest absolute Gasteiger partial charge is 0.412 e. The molecule has 1 heterocycles. The van der Waals surface area contributed by atoms with Crippen molar-refractivity contribution in [3.8, 4) is 0 Å². The number of nitrogens with one attached hydrogen (secondary N) is 2. The van der Waals surface area contributed by atoms with Crippen LogP contribution in [0.2, 0.25) is 5.02 Å². The summed E-state index contributed by atoms with van der Waals surface area (Å²) in [5.74, 6) is 0.300. The van der Waals surface area contributed by atoms with Gasteiger partial charge in [0.1, 0.15) is 12.4 Å². The maximum Gasteiger partial charge on any atom is 0.412 e. The topological polar surface area (TPSA) is 104 Å². The van der Waals surface area contributed by atoms with Crippen LogP contribution in [0.15, 0.2) is 42.6 Å². The molecule has 0 aliphatic heterocycles. The summed E-state index contributed by atoms with van der Waals surface area (Å²) in [5.41, 5.74) is 0.429. The molecule has 0 spiro atoms. The molecular weight excluding hydrogens is 396 g/mol. The third-order valence-electron chi connectivity index (χ3n) is 4.09. The van der Waals surface area contributed by atoms with Crippen molar-refractivity contribution in [1.29, 1.82) is 0 Å². The lowest BCUT2D eigenvalue weighted by molar-refractivity contribution is 0.0782. The number of amides is 3. The van der Waals surface area contributed by atoms with Crippen molar-refractivity contribution < 1.29 is 19.4 Å². The predicted octanol–water partition coefficient (Wildman–Crippen LogP) is 3.35. The Labute approximate surface area is 174 Å². The number of rotatable bonds is 7. The molecule has 2 rings (SSSR count). The maximum atomic E-state index is 12.1. The second-order valence-corrected chi connectivity index (χ2v) is 7.33. The van der Waals surface area contributed by atoms with Crippen LogP contribution in [0.1, 0.15) is 25.0 Å². The van der Waals surface area contributed by atoms with Gasteiger partial charge in [0.05, 0.1) is 12.1 Å². The van der Waals surface area contributed by atoms with Crippen molar-refractivity contribution in [2.24, 2.45) is 0 Å². The molecule has 29 heavy (non-hydrogen) atoms. The lowest BCUT2D eigenvalue weighted by Gasteiger charge is -2.18. The van der Waals surface area contributed by atoms with Crippen LogP contribution in [0, 0.1) is 0 Å². The van der Waals surface area contributed by atoms with Gasteiger partial charge in [0.25, 0.3) is 0 Å². The van der Waals surface area contributed by atoms with Crippen LogP contribution in [0.5, 0.6) is 0 Å². The highest BCUT2D eigenvalue weighted by atomic mass is 35.5. The molecule has 0 saturated heterocycles. The van der Waals surface area contributed by atoms with Gasteiger partial charge in [0, 0.05) is 30.4 Å². The Morgan fingerprint density at radius 3 is 2.59 bits per heavy atom. The van der Waals surface area contributed by atoms with Crippen LogP contribution in [-0.4, -0.2) is 47.3 Å². The number of aliphatic hydroxyl groups is 1. The number of likely N-dealkylation sites (N-methyl/N-ethyl adjacent to an activating group) is 1. The highest BCUT2D eigenvalue weighted by Crippen LogP contribution is 2.19. The zero-order chi connectivity index (χ0) is 21.4. The van der Waals surface area contributed by atoms with Gasteiger partial charge < -0.3 is 20.1 Å². The number of hydrogen-bond acceptors (Lipinski definition) is 5. The van der Waals surface area contributed by atoms with Gasteiger partial charge in [0.15, 0.2) is 0 Å². The normalized spacial score (nSPS) is 10.9. The Kier molecular flexibility index (Phi) is 7.81. The SMILES string of the molecule is CN(CCOC(=O)Nc1ccc(C(C)(C)O)cn1)C(=O)NCc1ccccc1Cl. The summed E-state index contributed by atoms with van der Waals surface area (Å²) in [7, 11) is 1.60. The molecule has 1 aromatic carbocycles. The average Bonchev–Trinajstić information content (AvgIpc) is 2.66. The van der Waals surface area contributed by atoms with Gasteiger partial charge in [-0.15, -0.1) is 0 Å². The second kappa shape index (κ2) is 10.1. The Balaban J connectivity index is 1.71. The molecule has 0 atom stereocenters. The summed E-state index contributed by atoms with van der Waals surface area (Å²) in [6, 6.07) is 10.2. The van der Waals surface area contributed by atoms with Crippen LogP contribution in [0.25, 0.3) is 0 Å². The molecule has 0 aliphatic rings. The van der Waals surface area contributed by atoms with E-state index >= 15 is 0 Å². The van der Waals surface area contributed by atoms with Crippen molar-refractivity contribution in [2.45, 2.75) is 26.0 Å². The molecule has 0 unspecified atom stereocenters. The first-order chi connectivity index (χ1) is 13.7. The number of halogens is 1. The third-order valence-corrected chi connectivity index (χ3v) is 4.46. The number of anilines is 1. The van der Waals surface area contributed by atoms with Crippen LogP contribution in [-0.2, 0) is 16.9 Å². The lowest BCUT2D eigenvalue weighted by atomic mass is 10.0. The second-order valence-electron chi connectivity index (χ2n) is 6.92. The maximum absolute atomic E-state index is 12.1. The molecule has 0 fully saturated rings. The first kappa shape index (κ1) is 22.4. The number of nitrogens with zero attached hydrogens (tertiary/aromatic N) is 2. The van der Waals surface area contributed by atoms with E-state index in [0.29, 0.717) is 22.9 Å². The van der Waals surface area contributed by atoms with Gasteiger partial charge in [-0.2, -0.15) is 0 Å². The van der Waals surface area contributed by atoms with Crippen LogP contribution in [0.3, 0.4) is 0 Å².